The second-order valence-corrected chi connectivity index (χ2v) is 4.35. The molecule has 2 N–H and O–H groups in total. The summed E-state index contributed by atoms with van der Waals surface area (Å²) in [4.78, 5) is 4.30. The van der Waals surface area contributed by atoms with E-state index in [0.29, 0.717) is 17.3 Å². The number of aromatic nitrogens is 1. The van der Waals surface area contributed by atoms with Crippen molar-refractivity contribution in [2.24, 2.45) is 0 Å². The molecule has 1 aromatic heterocycles. The molecule has 20 heavy (non-hydrogen) atoms. The van der Waals surface area contributed by atoms with Crippen LogP contribution in [0.15, 0.2) is 59.1 Å². The maximum absolute atomic E-state index is 5.81. The Labute approximate surface area is 116 Å². The number of ether oxygens (including phenoxy) is 1. The average Bonchev–Trinajstić information content (AvgIpc) is 2.97. The number of hydrogen-bond donors (Lipinski definition) is 1. The Morgan fingerprint density at radius 1 is 1.05 bits per heavy atom. The predicted octanol–water partition coefficient (Wildman–Crippen LogP) is 3.60. The number of nitrogens with two attached hydrogens (primary N) is 1. The highest BCUT2D eigenvalue weighted by Gasteiger charge is 2.11. The fourth-order valence-electron chi connectivity index (χ4n) is 2.01. The highest BCUT2D eigenvalue weighted by Crippen LogP contribution is 2.32. The molecular formula is C16H14N2O2. The first-order valence-electron chi connectivity index (χ1n) is 6.23. The molecule has 0 radical (unpaired) electrons. The Morgan fingerprint density at radius 2 is 1.80 bits per heavy atom. The van der Waals surface area contributed by atoms with Crippen LogP contribution in [0.5, 0.6) is 5.75 Å². The van der Waals surface area contributed by atoms with E-state index in [4.69, 9.17) is 14.9 Å². The minimum Gasteiger partial charge on any atom is -0.496 e. The van der Waals surface area contributed by atoms with Crippen molar-refractivity contribution in [3.05, 3.63) is 54.7 Å². The number of nitrogens with zero attached hydrogens (tertiary/aromatic N) is 1. The Balaban J connectivity index is 2.00. The summed E-state index contributed by atoms with van der Waals surface area (Å²) in [5.41, 5.74) is 8.15. The van der Waals surface area contributed by atoms with Gasteiger partial charge in [0, 0.05) is 11.3 Å². The van der Waals surface area contributed by atoms with Crippen molar-refractivity contribution in [3.8, 4) is 28.5 Å². The number of benzene rings is 2. The van der Waals surface area contributed by atoms with E-state index in [0.717, 1.165) is 16.9 Å². The molecule has 4 heteroatoms. The largest absolute Gasteiger partial charge is 0.496 e. The Bertz CT molecular complexity index is 717. The summed E-state index contributed by atoms with van der Waals surface area (Å²) in [5, 5.41) is 0. The summed E-state index contributed by atoms with van der Waals surface area (Å²) in [6, 6.07) is 15.1. The second-order valence-electron chi connectivity index (χ2n) is 4.35. The molecule has 100 valence electrons. The van der Waals surface area contributed by atoms with Gasteiger partial charge in [0.05, 0.1) is 18.9 Å². The van der Waals surface area contributed by atoms with E-state index < -0.39 is 0 Å². The zero-order valence-corrected chi connectivity index (χ0v) is 11.0. The molecule has 3 rings (SSSR count). The van der Waals surface area contributed by atoms with Crippen LogP contribution in [0.4, 0.5) is 5.69 Å². The highest BCUT2D eigenvalue weighted by molar-refractivity contribution is 5.67. The normalized spacial score (nSPS) is 10.4. The lowest BCUT2D eigenvalue weighted by Crippen LogP contribution is -1.85. The minimum atomic E-state index is 0.561. The summed E-state index contributed by atoms with van der Waals surface area (Å²) in [6.45, 7) is 0. The third-order valence-corrected chi connectivity index (χ3v) is 3.04. The van der Waals surface area contributed by atoms with E-state index in [1.165, 1.54) is 0 Å². The van der Waals surface area contributed by atoms with Gasteiger partial charge in [0.1, 0.15) is 5.75 Å². The van der Waals surface area contributed by atoms with E-state index in [9.17, 15) is 0 Å². The van der Waals surface area contributed by atoms with Crippen molar-refractivity contribution in [2.75, 3.05) is 12.8 Å². The van der Waals surface area contributed by atoms with Gasteiger partial charge in [-0.25, -0.2) is 4.98 Å². The molecule has 0 fully saturated rings. The maximum Gasteiger partial charge on any atom is 0.226 e. The van der Waals surface area contributed by atoms with Crippen LogP contribution < -0.4 is 10.5 Å². The molecule has 0 saturated heterocycles. The SMILES string of the molecule is COc1ccccc1-c1cnc(-c2ccc(N)cc2)o1. The van der Waals surface area contributed by atoms with Gasteiger partial charge in [-0.3, -0.25) is 0 Å². The van der Waals surface area contributed by atoms with Crippen molar-refractivity contribution in [2.45, 2.75) is 0 Å². The van der Waals surface area contributed by atoms with Crippen LogP contribution in [0.2, 0.25) is 0 Å². The Morgan fingerprint density at radius 3 is 2.55 bits per heavy atom. The fourth-order valence-corrected chi connectivity index (χ4v) is 2.01. The molecule has 0 aliphatic carbocycles. The molecule has 4 nitrogen and oxygen atoms in total. The first kappa shape index (κ1) is 12.3. The lowest BCUT2D eigenvalue weighted by atomic mass is 10.1. The molecule has 0 amide bonds. The molecule has 0 aliphatic rings. The van der Waals surface area contributed by atoms with Crippen LogP contribution in [0.25, 0.3) is 22.8 Å². The van der Waals surface area contributed by atoms with Gasteiger partial charge in [-0.2, -0.15) is 0 Å². The summed E-state index contributed by atoms with van der Waals surface area (Å²) >= 11 is 0. The number of hydrogen-bond acceptors (Lipinski definition) is 4. The van der Waals surface area contributed by atoms with Crippen molar-refractivity contribution in [1.82, 2.24) is 4.98 Å². The van der Waals surface area contributed by atoms with Gasteiger partial charge in [-0.1, -0.05) is 12.1 Å². The first-order valence-corrected chi connectivity index (χ1v) is 6.23. The lowest BCUT2D eigenvalue weighted by molar-refractivity contribution is 0.415. The number of rotatable bonds is 3. The summed E-state index contributed by atoms with van der Waals surface area (Å²) in [6.07, 6.45) is 1.70. The molecule has 3 aromatic rings. The van der Waals surface area contributed by atoms with Crippen LogP contribution in [-0.4, -0.2) is 12.1 Å². The van der Waals surface area contributed by atoms with Gasteiger partial charge < -0.3 is 14.9 Å². The summed E-state index contributed by atoms with van der Waals surface area (Å²) < 4.78 is 11.1. The number of anilines is 1. The van der Waals surface area contributed by atoms with Crippen LogP contribution in [0.3, 0.4) is 0 Å². The van der Waals surface area contributed by atoms with E-state index >= 15 is 0 Å². The number of oxazole rings is 1. The fraction of sp³-hybridized carbons (Fsp3) is 0.0625. The van der Waals surface area contributed by atoms with Gasteiger partial charge in [0.2, 0.25) is 5.89 Å². The topological polar surface area (TPSA) is 61.3 Å². The Kier molecular flexibility index (Phi) is 3.13. The minimum absolute atomic E-state index is 0.561. The smallest absolute Gasteiger partial charge is 0.226 e. The van der Waals surface area contributed by atoms with Crippen LogP contribution in [-0.2, 0) is 0 Å². The van der Waals surface area contributed by atoms with E-state index in [-0.39, 0.29) is 0 Å². The zero-order valence-electron chi connectivity index (χ0n) is 11.0. The second kappa shape index (κ2) is 5.09. The third-order valence-electron chi connectivity index (χ3n) is 3.04. The number of nitrogen functional groups attached to an aromatic ring is 1. The monoisotopic (exact) mass is 266 g/mol. The lowest BCUT2D eigenvalue weighted by Gasteiger charge is -2.04. The first-order chi connectivity index (χ1) is 9.78. The van der Waals surface area contributed by atoms with Gasteiger partial charge in [-0.15, -0.1) is 0 Å². The van der Waals surface area contributed by atoms with Crippen molar-refractivity contribution >= 4 is 5.69 Å². The highest BCUT2D eigenvalue weighted by atomic mass is 16.5. The van der Waals surface area contributed by atoms with Gasteiger partial charge in [-0.05, 0) is 36.4 Å². The van der Waals surface area contributed by atoms with Gasteiger partial charge in [0.25, 0.3) is 0 Å². The molecule has 0 atom stereocenters. The molecule has 0 bridgehead atoms. The van der Waals surface area contributed by atoms with Crippen molar-refractivity contribution in [1.29, 1.82) is 0 Å². The molecule has 1 heterocycles. The van der Waals surface area contributed by atoms with Crippen LogP contribution in [0.1, 0.15) is 0 Å². The third kappa shape index (κ3) is 2.23. The van der Waals surface area contributed by atoms with Crippen LogP contribution in [0, 0.1) is 0 Å². The van der Waals surface area contributed by atoms with E-state index in [1.807, 2.05) is 48.5 Å². The summed E-state index contributed by atoms with van der Waals surface area (Å²) in [7, 11) is 1.64. The standard InChI is InChI=1S/C16H14N2O2/c1-19-14-5-3-2-4-13(14)15-10-18-16(20-15)11-6-8-12(17)9-7-11/h2-10H,17H2,1H3. The van der Waals surface area contributed by atoms with Crippen LogP contribution >= 0.6 is 0 Å². The van der Waals surface area contributed by atoms with E-state index in [1.54, 1.807) is 13.3 Å². The zero-order chi connectivity index (χ0) is 13.9. The van der Waals surface area contributed by atoms with Crippen molar-refractivity contribution in [3.63, 3.8) is 0 Å². The molecule has 2 aromatic carbocycles. The molecule has 0 unspecified atom stereocenters. The van der Waals surface area contributed by atoms with Gasteiger partial charge >= 0.3 is 0 Å². The molecule has 0 spiro atoms. The summed E-state index contributed by atoms with van der Waals surface area (Å²) in [5.74, 6) is 1.99. The maximum atomic E-state index is 5.81. The van der Waals surface area contributed by atoms with Gasteiger partial charge in [0.15, 0.2) is 5.76 Å². The Hall–Kier alpha value is -2.75. The predicted molar refractivity (Wildman–Crippen MR) is 78.3 cm³/mol. The van der Waals surface area contributed by atoms with E-state index in [2.05, 4.69) is 4.98 Å². The molecular weight excluding hydrogens is 252 g/mol. The number of para-hydroxylation sites is 1. The average molecular weight is 266 g/mol. The molecule has 0 aliphatic heterocycles. The number of methoxy groups -OCH3 is 1. The quantitative estimate of drug-likeness (QED) is 0.736. The van der Waals surface area contributed by atoms with Crippen molar-refractivity contribution < 1.29 is 9.15 Å². The molecule has 0 saturated carbocycles.